The first kappa shape index (κ1) is 16.3. The molecular formula is C16H11Cl2IO2. The van der Waals surface area contributed by atoms with Crippen molar-refractivity contribution in [3.63, 3.8) is 0 Å². The van der Waals surface area contributed by atoms with Gasteiger partial charge in [0.25, 0.3) is 0 Å². The van der Waals surface area contributed by atoms with Crippen LogP contribution in [0.4, 0.5) is 0 Å². The highest BCUT2D eigenvalue weighted by atomic mass is 127. The van der Waals surface area contributed by atoms with Crippen LogP contribution in [0.25, 0.3) is 6.08 Å². The number of rotatable bonds is 5. The molecule has 0 aliphatic heterocycles. The van der Waals surface area contributed by atoms with Gasteiger partial charge < -0.3 is 4.74 Å². The van der Waals surface area contributed by atoms with E-state index in [1.54, 1.807) is 6.08 Å². The van der Waals surface area contributed by atoms with Crippen molar-refractivity contribution in [3.05, 3.63) is 68.3 Å². The van der Waals surface area contributed by atoms with Crippen molar-refractivity contribution in [1.82, 2.24) is 0 Å². The summed E-state index contributed by atoms with van der Waals surface area (Å²) < 4.78 is 6.74. The number of hydrogen-bond acceptors (Lipinski definition) is 2. The Balaban J connectivity index is 2.04. The van der Waals surface area contributed by atoms with Crippen molar-refractivity contribution >= 4 is 57.1 Å². The SMILES string of the molecule is O=C(Cl)/C=C/c1ccc(OCc2ccc(Cl)cc2)c(I)c1. The van der Waals surface area contributed by atoms with E-state index in [4.69, 9.17) is 27.9 Å². The van der Waals surface area contributed by atoms with E-state index in [9.17, 15) is 4.79 Å². The predicted octanol–water partition coefficient (Wildman–Crippen LogP) is 5.30. The zero-order chi connectivity index (χ0) is 15.2. The van der Waals surface area contributed by atoms with Crippen molar-refractivity contribution in [3.8, 4) is 5.75 Å². The van der Waals surface area contributed by atoms with Crippen LogP contribution < -0.4 is 4.74 Å². The fourth-order valence-corrected chi connectivity index (χ4v) is 2.53. The zero-order valence-electron chi connectivity index (χ0n) is 10.9. The maximum absolute atomic E-state index is 10.7. The molecule has 2 rings (SSSR count). The molecule has 21 heavy (non-hydrogen) atoms. The van der Waals surface area contributed by atoms with E-state index in [2.05, 4.69) is 22.6 Å². The van der Waals surface area contributed by atoms with Crippen molar-refractivity contribution in [2.24, 2.45) is 0 Å². The largest absolute Gasteiger partial charge is 0.488 e. The first-order valence-corrected chi connectivity index (χ1v) is 7.92. The Bertz CT molecular complexity index is 666. The summed E-state index contributed by atoms with van der Waals surface area (Å²) in [7, 11) is 0. The van der Waals surface area contributed by atoms with Crippen molar-refractivity contribution in [2.75, 3.05) is 0 Å². The normalized spacial score (nSPS) is 10.8. The summed E-state index contributed by atoms with van der Waals surface area (Å²) in [5.41, 5.74) is 1.94. The molecule has 0 aliphatic carbocycles. The van der Waals surface area contributed by atoms with E-state index in [0.717, 1.165) is 20.4 Å². The molecule has 0 saturated heterocycles. The topological polar surface area (TPSA) is 26.3 Å². The van der Waals surface area contributed by atoms with Crippen LogP contribution in [0.3, 0.4) is 0 Å². The van der Waals surface area contributed by atoms with Crippen LogP contribution in [0.15, 0.2) is 48.5 Å². The van der Waals surface area contributed by atoms with Crippen LogP contribution in [0.1, 0.15) is 11.1 Å². The minimum atomic E-state index is -0.493. The minimum absolute atomic E-state index is 0.475. The molecule has 2 aromatic carbocycles. The second-order valence-corrected chi connectivity index (χ2v) is 6.21. The van der Waals surface area contributed by atoms with Gasteiger partial charge in [-0.25, -0.2) is 0 Å². The Morgan fingerprint density at radius 3 is 2.52 bits per heavy atom. The highest BCUT2D eigenvalue weighted by Gasteiger charge is 2.02. The highest BCUT2D eigenvalue weighted by Crippen LogP contribution is 2.24. The number of halogens is 3. The molecule has 0 N–H and O–H groups in total. The number of carbonyl (C=O) groups excluding carboxylic acids is 1. The van der Waals surface area contributed by atoms with Gasteiger partial charge in [0.2, 0.25) is 5.24 Å². The predicted molar refractivity (Wildman–Crippen MR) is 94.8 cm³/mol. The van der Waals surface area contributed by atoms with Crippen LogP contribution in [0.5, 0.6) is 5.75 Å². The molecule has 0 aromatic heterocycles. The molecular weight excluding hydrogens is 422 g/mol. The number of hydrogen-bond donors (Lipinski definition) is 0. The molecule has 0 amide bonds. The van der Waals surface area contributed by atoms with Crippen LogP contribution in [-0.4, -0.2) is 5.24 Å². The third-order valence-electron chi connectivity index (χ3n) is 2.67. The van der Waals surface area contributed by atoms with Gasteiger partial charge in [-0.1, -0.05) is 35.9 Å². The molecule has 0 spiro atoms. The van der Waals surface area contributed by atoms with E-state index in [0.29, 0.717) is 11.6 Å². The number of benzene rings is 2. The Morgan fingerprint density at radius 2 is 1.90 bits per heavy atom. The highest BCUT2D eigenvalue weighted by molar-refractivity contribution is 14.1. The first-order valence-electron chi connectivity index (χ1n) is 6.09. The van der Waals surface area contributed by atoms with Crippen LogP contribution >= 0.6 is 45.8 Å². The standard InChI is InChI=1S/C16H11Cl2IO2/c17-13-5-1-12(2-6-13)10-21-15-7-3-11(9-14(15)19)4-8-16(18)20/h1-9H,10H2/b8-4+. The lowest BCUT2D eigenvalue weighted by Crippen LogP contribution is -1.97. The van der Waals surface area contributed by atoms with Gasteiger partial charge in [0.15, 0.2) is 0 Å². The molecule has 0 unspecified atom stereocenters. The zero-order valence-corrected chi connectivity index (χ0v) is 14.5. The lowest BCUT2D eigenvalue weighted by Gasteiger charge is -2.09. The number of allylic oxidation sites excluding steroid dienone is 1. The van der Waals surface area contributed by atoms with Gasteiger partial charge in [-0.05, 0) is 75.7 Å². The Hall–Kier alpha value is -1.04. The molecule has 2 nitrogen and oxygen atoms in total. The lowest BCUT2D eigenvalue weighted by molar-refractivity contribution is -0.107. The summed E-state index contributed by atoms with van der Waals surface area (Å²) in [6, 6.07) is 13.2. The molecule has 0 aliphatic rings. The molecule has 0 fully saturated rings. The minimum Gasteiger partial charge on any atom is -0.488 e. The molecule has 0 atom stereocenters. The second-order valence-electron chi connectivity index (χ2n) is 4.24. The average Bonchev–Trinajstić information content (AvgIpc) is 2.46. The molecule has 5 heteroatoms. The maximum atomic E-state index is 10.7. The Labute approximate surface area is 146 Å². The third-order valence-corrected chi connectivity index (χ3v) is 3.89. The van der Waals surface area contributed by atoms with Crippen molar-refractivity contribution in [2.45, 2.75) is 6.61 Å². The Morgan fingerprint density at radius 1 is 1.19 bits per heavy atom. The van der Waals surface area contributed by atoms with E-state index < -0.39 is 5.24 Å². The summed E-state index contributed by atoms with van der Waals surface area (Å²) in [6.45, 7) is 0.475. The van der Waals surface area contributed by atoms with Crippen LogP contribution in [0.2, 0.25) is 5.02 Å². The summed E-state index contributed by atoms with van der Waals surface area (Å²) in [4.78, 5) is 10.7. The van der Waals surface area contributed by atoms with Gasteiger partial charge in [-0.15, -0.1) is 0 Å². The van der Waals surface area contributed by atoms with Gasteiger partial charge >= 0.3 is 0 Å². The number of ether oxygens (including phenoxy) is 1. The molecule has 0 bridgehead atoms. The maximum Gasteiger partial charge on any atom is 0.245 e. The molecule has 2 aromatic rings. The van der Waals surface area contributed by atoms with Crippen molar-refractivity contribution in [1.29, 1.82) is 0 Å². The van der Waals surface area contributed by atoms with Gasteiger partial charge in [0.05, 0.1) is 3.57 Å². The summed E-state index contributed by atoms with van der Waals surface area (Å²) >= 11 is 13.3. The molecule has 0 saturated carbocycles. The van der Waals surface area contributed by atoms with Gasteiger partial charge in [-0.2, -0.15) is 0 Å². The molecule has 0 radical (unpaired) electrons. The van der Waals surface area contributed by atoms with E-state index in [1.165, 1.54) is 6.08 Å². The number of carbonyl (C=O) groups is 1. The third kappa shape index (κ3) is 5.34. The fourth-order valence-electron chi connectivity index (χ4n) is 1.64. The average molecular weight is 433 g/mol. The monoisotopic (exact) mass is 432 g/mol. The summed E-state index contributed by atoms with van der Waals surface area (Å²) in [6.07, 6.45) is 2.99. The molecule has 108 valence electrons. The van der Waals surface area contributed by atoms with Gasteiger partial charge in [0.1, 0.15) is 12.4 Å². The van der Waals surface area contributed by atoms with Gasteiger partial charge in [0, 0.05) is 5.02 Å². The Kier molecular flexibility index (Phi) is 6.08. The van der Waals surface area contributed by atoms with Gasteiger partial charge in [-0.3, -0.25) is 4.79 Å². The smallest absolute Gasteiger partial charge is 0.245 e. The molecule has 0 heterocycles. The summed E-state index contributed by atoms with van der Waals surface area (Å²) in [5.74, 6) is 0.792. The van der Waals surface area contributed by atoms with E-state index in [-0.39, 0.29) is 0 Å². The van der Waals surface area contributed by atoms with E-state index >= 15 is 0 Å². The lowest BCUT2D eigenvalue weighted by atomic mass is 10.2. The van der Waals surface area contributed by atoms with Crippen molar-refractivity contribution < 1.29 is 9.53 Å². The van der Waals surface area contributed by atoms with Crippen LogP contribution in [-0.2, 0) is 11.4 Å². The quantitative estimate of drug-likeness (QED) is 0.364. The fraction of sp³-hybridized carbons (Fsp3) is 0.0625. The van der Waals surface area contributed by atoms with Crippen LogP contribution in [0, 0.1) is 3.57 Å². The van der Waals surface area contributed by atoms with E-state index in [1.807, 2.05) is 42.5 Å². The first-order chi connectivity index (χ1) is 10.0. The summed E-state index contributed by atoms with van der Waals surface area (Å²) in [5, 5.41) is 0.214. The second kappa shape index (κ2) is 7.82.